The van der Waals surface area contributed by atoms with Crippen molar-refractivity contribution >= 4 is 18.0 Å². The maximum absolute atomic E-state index is 12.2. The Hall–Kier alpha value is -2.45. The lowest BCUT2D eigenvalue weighted by atomic mass is 10.2. The molecule has 2 aliphatic heterocycles. The van der Waals surface area contributed by atoms with Crippen molar-refractivity contribution in [2.45, 2.75) is 32.0 Å². The van der Waals surface area contributed by atoms with Gasteiger partial charge in [0.25, 0.3) is 6.10 Å². The molecule has 3 rings (SSSR count). The van der Waals surface area contributed by atoms with E-state index < -0.39 is 24.1 Å². The quantitative estimate of drug-likeness (QED) is 0.635. The molecule has 128 valence electrons. The van der Waals surface area contributed by atoms with Crippen molar-refractivity contribution in [1.82, 2.24) is 15.6 Å². The molecular formula is C16H19N3O5. The minimum absolute atomic E-state index is 0.0144. The Morgan fingerprint density at radius 3 is 2.58 bits per heavy atom. The second kappa shape index (κ2) is 7.41. The van der Waals surface area contributed by atoms with Gasteiger partial charge in [-0.25, -0.2) is 14.6 Å². The monoisotopic (exact) mass is 333 g/mol. The average molecular weight is 333 g/mol. The van der Waals surface area contributed by atoms with Crippen LogP contribution < -0.4 is 5.53 Å². The van der Waals surface area contributed by atoms with Crippen LogP contribution in [-0.2, 0) is 25.7 Å². The number of esters is 1. The van der Waals surface area contributed by atoms with Gasteiger partial charge in [-0.3, -0.25) is 4.79 Å². The van der Waals surface area contributed by atoms with E-state index >= 15 is 0 Å². The van der Waals surface area contributed by atoms with Gasteiger partial charge in [0.2, 0.25) is 0 Å². The third-order valence-electron chi connectivity index (χ3n) is 3.88. The highest BCUT2D eigenvalue weighted by Crippen LogP contribution is 2.15. The van der Waals surface area contributed by atoms with Gasteiger partial charge in [-0.1, -0.05) is 36.8 Å². The number of hydrogen-bond donors (Lipinski definition) is 1. The van der Waals surface area contributed by atoms with E-state index in [4.69, 9.17) is 9.47 Å². The Morgan fingerprint density at radius 1 is 1.17 bits per heavy atom. The van der Waals surface area contributed by atoms with Crippen molar-refractivity contribution in [2.75, 3.05) is 13.1 Å². The highest BCUT2D eigenvalue weighted by Gasteiger charge is 2.47. The number of amides is 2. The van der Waals surface area contributed by atoms with Crippen LogP contribution in [-0.4, -0.2) is 47.2 Å². The first-order valence-corrected chi connectivity index (χ1v) is 7.91. The number of nitrogens with zero attached hydrogens (tertiary/aromatic N) is 2. The van der Waals surface area contributed by atoms with E-state index in [9.17, 15) is 14.4 Å². The molecule has 0 spiro atoms. The summed E-state index contributed by atoms with van der Waals surface area (Å²) in [6.07, 6.45) is 0.621. The van der Waals surface area contributed by atoms with Crippen LogP contribution in [0.3, 0.4) is 0 Å². The normalized spacial score (nSPS) is 21.7. The topological polar surface area (TPSA) is 88.2 Å². The summed E-state index contributed by atoms with van der Waals surface area (Å²) in [6, 6.07) is 9.06. The van der Waals surface area contributed by atoms with Gasteiger partial charge < -0.3 is 9.47 Å². The summed E-state index contributed by atoms with van der Waals surface area (Å²) in [7, 11) is 0. The first-order valence-electron chi connectivity index (χ1n) is 7.91. The van der Waals surface area contributed by atoms with Crippen molar-refractivity contribution in [3.63, 3.8) is 0 Å². The molecule has 0 aromatic heterocycles. The maximum Gasteiger partial charge on any atom is 0.434 e. The minimum atomic E-state index is -1.56. The van der Waals surface area contributed by atoms with Gasteiger partial charge in [0.1, 0.15) is 6.61 Å². The van der Waals surface area contributed by atoms with Crippen LogP contribution in [0.25, 0.3) is 0 Å². The third-order valence-corrected chi connectivity index (χ3v) is 3.88. The van der Waals surface area contributed by atoms with Gasteiger partial charge in [-0.2, -0.15) is 10.5 Å². The highest BCUT2D eigenvalue weighted by molar-refractivity contribution is 6.10. The van der Waals surface area contributed by atoms with Gasteiger partial charge in [0.05, 0.1) is 0 Å². The number of ether oxygens (including phenoxy) is 2. The van der Waals surface area contributed by atoms with Crippen LogP contribution in [0.1, 0.15) is 24.8 Å². The Balaban J connectivity index is 1.55. The molecule has 8 heteroatoms. The summed E-state index contributed by atoms with van der Waals surface area (Å²) < 4.78 is 9.92. The molecule has 2 heterocycles. The number of carbonyl (C=O) groups excluding carboxylic acids is 3. The first-order chi connectivity index (χ1) is 11.6. The van der Waals surface area contributed by atoms with E-state index in [1.807, 2.05) is 18.2 Å². The van der Waals surface area contributed by atoms with Crippen LogP contribution in [0.4, 0.5) is 4.79 Å². The molecule has 2 aliphatic rings. The van der Waals surface area contributed by atoms with Crippen LogP contribution in [0, 0.1) is 0 Å². The summed E-state index contributed by atoms with van der Waals surface area (Å²) in [5.41, 5.74) is 3.49. The summed E-state index contributed by atoms with van der Waals surface area (Å²) >= 11 is 0. The molecule has 1 aromatic carbocycles. The molecular weight excluding hydrogens is 314 g/mol. The number of benzene rings is 1. The molecule has 1 unspecified atom stereocenters. The summed E-state index contributed by atoms with van der Waals surface area (Å²) in [4.78, 5) is 36.1. The molecule has 1 atom stereocenters. The fourth-order valence-corrected chi connectivity index (χ4v) is 2.59. The van der Waals surface area contributed by atoms with Crippen LogP contribution in [0.15, 0.2) is 30.3 Å². The molecule has 8 nitrogen and oxygen atoms in total. The predicted molar refractivity (Wildman–Crippen MR) is 81.9 cm³/mol. The maximum atomic E-state index is 12.2. The minimum Gasteiger partial charge on any atom is -0.458 e. The van der Waals surface area contributed by atoms with Crippen molar-refractivity contribution in [3.8, 4) is 0 Å². The molecule has 0 saturated carbocycles. The molecule has 1 N–H and O–H groups in total. The zero-order chi connectivity index (χ0) is 16.9. The van der Waals surface area contributed by atoms with E-state index in [0.717, 1.165) is 42.9 Å². The number of imide groups is 1. The van der Waals surface area contributed by atoms with Gasteiger partial charge in [0.15, 0.2) is 0 Å². The van der Waals surface area contributed by atoms with E-state index in [2.05, 4.69) is 5.53 Å². The number of hydrazine groups is 2. The zero-order valence-electron chi connectivity index (χ0n) is 13.1. The fourth-order valence-electron chi connectivity index (χ4n) is 2.59. The molecule has 0 aliphatic carbocycles. The predicted octanol–water partition coefficient (Wildman–Crippen LogP) is 0.983. The summed E-state index contributed by atoms with van der Waals surface area (Å²) in [5.74, 6) is -1.64. The lowest BCUT2D eigenvalue weighted by Crippen LogP contribution is -2.54. The molecule has 2 saturated heterocycles. The number of piperidine rings is 1. The highest BCUT2D eigenvalue weighted by atomic mass is 16.6. The van der Waals surface area contributed by atoms with Crippen LogP contribution >= 0.6 is 0 Å². The summed E-state index contributed by atoms with van der Waals surface area (Å²) in [5, 5.41) is 2.50. The van der Waals surface area contributed by atoms with Gasteiger partial charge in [0, 0.05) is 13.1 Å². The van der Waals surface area contributed by atoms with Crippen molar-refractivity contribution in [3.05, 3.63) is 35.9 Å². The Labute approximate surface area is 139 Å². The second-order valence-electron chi connectivity index (χ2n) is 5.68. The average Bonchev–Trinajstić information content (AvgIpc) is 2.90. The van der Waals surface area contributed by atoms with Crippen LogP contribution in [0.5, 0.6) is 0 Å². The summed E-state index contributed by atoms with van der Waals surface area (Å²) in [6.45, 7) is 1.46. The molecule has 0 bridgehead atoms. The lowest BCUT2D eigenvalue weighted by molar-refractivity contribution is -0.158. The smallest absolute Gasteiger partial charge is 0.434 e. The SMILES string of the molecule is O=C(OCc1ccccc1)C1OC(=O)N(NN2CCCCC2)C1=O. The number of rotatable bonds is 5. The number of carbonyl (C=O) groups is 3. The fraction of sp³-hybridized carbons (Fsp3) is 0.438. The van der Waals surface area contributed by atoms with E-state index in [-0.39, 0.29) is 6.61 Å². The zero-order valence-corrected chi connectivity index (χ0v) is 13.1. The standard InChI is InChI=1S/C16H19N3O5/c20-14-13(15(21)23-11-12-7-3-1-4-8-12)24-16(22)19(14)17-18-9-5-2-6-10-18/h1,3-4,7-8,13,17H,2,5-6,9-11H2. The molecule has 0 radical (unpaired) electrons. The number of nitrogens with one attached hydrogen (secondary N) is 1. The van der Waals surface area contributed by atoms with Gasteiger partial charge in [-0.15, -0.1) is 0 Å². The van der Waals surface area contributed by atoms with Crippen molar-refractivity contribution in [2.24, 2.45) is 0 Å². The van der Waals surface area contributed by atoms with E-state index in [0.29, 0.717) is 0 Å². The number of cyclic esters (lactones) is 1. The van der Waals surface area contributed by atoms with E-state index in [1.165, 1.54) is 0 Å². The van der Waals surface area contributed by atoms with Gasteiger partial charge >= 0.3 is 18.0 Å². The van der Waals surface area contributed by atoms with Gasteiger partial charge in [-0.05, 0) is 18.4 Å². The Kier molecular flexibility index (Phi) is 5.07. The Morgan fingerprint density at radius 2 is 1.88 bits per heavy atom. The molecule has 2 amide bonds. The molecule has 2 fully saturated rings. The lowest BCUT2D eigenvalue weighted by Gasteiger charge is -2.29. The largest absolute Gasteiger partial charge is 0.458 e. The number of hydrogen-bond acceptors (Lipinski definition) is 7. The second-order valence-corrected chi connectivity index (χ2v) is 5.68. The van der Waals surface area contributed by atoms with Crippen molar-refractivity contribution in [1.29, 1.82) is 0 Å². The Bertz CT molecular complexity index is 615. The molecule has 1 aromatic rings. The van der Waals surface area contributed by atoms with Crippen LogP contribution in [0.2, 0.25) is 0 Å². The first kappa shape index (κ1) is 16.4. The van der Waals surface area contributed by atoms with E-state index in [1.54, 1.807) is 17.1 Å². The molecule has 24 heavy (non-hydrogen) atoms. The van der Waals surface area contributed by atoms with Crippen molar-refractivity contribution < 1.29 is 23.9 Å². The third kappa shape index (κ3) is 3.72.